The van der Waals surface area contributed by atoms with Crippen LogP contribution in [0.3, 0.4) is 0 Å². The minimum atomic E-state index is -0.943. The van der Waals surface area contributed by atoms with Gasteiger partial charge in [-0.15, -0.1) is 0 Å². The number of rotatable bonds is 4. The Hall–Kier alpha value is -1.97. The highest BCUT2D eigenvalue weighted by atomic mass is 16.4. The lowest BCUT2D eigenvalue weighted by Crippen LogP contribution is -2.19. The number of hydrogen-bond acceptors (Lipinski definition) is 3. The first-order chi connectivity index (χ1) is 7.49. The summed E-state index contributed by atoms with van der Waals surface area (Å²) in [4.78, 5) is 12.3. The number of aromatic hydroxyl groups is 1. The summed E-state index contributed by atoms with van der Waals surface area (Å²) in [6, 6.07) is 6.83. The van der Waals surface area contributed by atoms with E-state index in [2.05, 4.69) is 0 Å². The highest BCUT2D eigenvalue weighted by molar-refractivity contribution is 5.80. The molecule has 16 heavy (non-hydrogen) atoms. The lowest BCUT2D eigenvalue weighted by Gasteiger charge is -2.19. The van der Waals surface area contributed by atoms with Crippen molar-refractivity contribution in [3.63, 3.8) is 0 Å². The second-order valence-electron chi connectivity index (χ2n) is 3.70. The third-order valence-corrected chi connectivity index (χ3v) is 2.13. The maximum Gasteiger partial charge on any atom is 0.328 e. The SMILES string of the molecule is C/C(=C\C(=O)O)CN(C)c1cccc(O)c1. The van der Waals surface area contributed by atoms with Gasteiger partial charge in [0.1, 0.15) is 5.75 Å². The molecular formula is C12H15NO3. The Balaban J connectivity index is 2.72. The smallest absolute Gasteiger partial charge is 0.328 e. The largest absolute Gasteiger partial charge is 0.508 e. The van der Waals surface area contributed by atoms with Crippen molar-refractivity contribution < 1.29 is 15.0 Å². The second kappa shape index (κ2) is 5.21. The summed E-state index contributed by atoms with van der Waals surface area (Å²) in [6.07, 6.45) is 1.18. The van der Waals surface area contributed by atoms with Gasteiger partial charge in [-0.25, -0.2) is 4.79 Å². The van der Waals surface area contributed by atoms with Crippen molar-refractivity contribution in [2.45, 2.75) is 6.92 Å². The zero-order valence-corrected chi connectivity index (χ0v) is 9.34. The van der Waals surface area contributed by atoms with Gasteiger partial charge in [-0.05, 0) is 24.6 Å². The van der Waals surface area contributed by atoms with E-state index in [1.54, 1.807) is 25.1 Å². The fourth-order valence-corrected chi connectivity index (χ4v) is 1.45. The second-order valence-corrected chi connectivity index (χ2v) is 3.70. The number of nitrogens with zero attached hydrogens (tertiary/aromatic N) is 1. The fraction of sp³-hybridized carbons (Fsp3) is 0.250. The maximum absolute atomic E-state index is 10.4. The van der Waals surface area contributed by atoms with Crippen LogP contribution < -0.4 is 4.90 Å². The molecule has 0 radical (unpaired) electrons. The summed E-state index contributed by atoms with van der Waals surface area (Å²) in [5.74, 6) is -0.744. The highest BCUT2D eigenvalue weighted by Crippen LogP contribution is 2.19. The van der Waals surface area contributed by atoms with Crippen molar-refractivity contribution in [3.05, 3.63) is 35.9 Å². The van der Waals surface area contributed by atoms with Crippen LogP contribution in [0.2, 0.25) is 0 Å². The molecule has 1 rings (SSSR count). The summed E-state index contributed by atoms with van der Waals surface area (Å²) in [7, 11) is 1.84. The molecule has 0 heterocycles. The Morgan fingerprint density at radius 3 is 2.75 bits per heavy atom. The molecule has 0 saturated heterocycles. The molecular weight excluding hydrogens is 206 g/mol. The minimum Gasteiger partial charge on any atom is -0.508 e. The van der Waals surface area contributed by atoms with E-state index in [9.17, 15) is 9.90 Å². The molecule has 0 aromatic heterocycles. The zero-order chi connectivity index (χ0) is 12.1. The first-order valence-corrected chi connectivity index (χ1v) is 4.89. The zero-order valence-electron chi connectivity index (χ0n) is 9.34. The summed E-state index contributed by atoms with van der Waals surface area (Å²) in [5, 5.41) is 17.9. The average molecular weight is 221 g/mol. The Kier molecular flexibility index (Phi) is 3.94. The van der Waals surface area contributed by atoms with Gasteiger partial charge in [-0.2, -0.15) is 0 Å². The molecule has 86 valence electrons. The van der Waals surface area contributed by atoms with E-state index in [1.807, 2.05) is 18.0 Å². The standard InChI is InChI=1S/C12H15NO3/c1-9(6-12(15)16)8-13(2)10-4-3-5-11(14)7-10/h3-7,14H,8H2,1-2H3,(H,15,16)/b9-6+. The number of phenolic OH excluding ortho intramolecular Hbond substituents is 1. The van der Waals surface area contributed by atoms with Gasteiger partial charge in [0.25, 0.3) is 0 Å². The number of hydrogen-bond donors (Lipinski definition) is 2. The predicted octanol–water partition coefficient (Wildman–Crippen LogP) is 1.86. The summed E-state index contributed by atoms with van der Waals surface area (Å²) < 4.78 is 0. The Morgan fingerprint density at radius 1 is 1.50 bits per heavy atom. The number of carboxylic acids is 1. The van der Waals surface area contributed by atoms with Crippen LogP contribution in [0, 0.1) is 0 Å². The normalized spacial score (nSPS) is 11.2. The van der Waals surface area contributed by atoms with E-state index in [1.165, 1.54) is 6.08 Å². The summed E-state index contributed by atoms with van der Waals surface area (Å²) in [5.41, 5.74) is 1.59. The van der Waals surface area contributed by atoms with Crippen LogP contribution in [0.5, 0.6) is 5.75 Å². The van der Waals surface area contributed by atoms with Crippen LogP contribution in [0.1, 0.15) is 6.92 Å². The van der Waals surface area contributed by atoms with E-state index in [0.29, 0.717) is 6.54 Å². The van der Waals surface area contributed by atoms with Crippen LogP contribution in [-0.2, 0) is 4.79 Å². The third kappa shape index (κ3) is 3.65. The molecule has 0 bridgehead atoms. The Bertz CT molecular complexity index is 412. The first kappa shape index (κ1) is 12.1. The lowest BCUT2D eigenvalue weighted by molar-refractivity contribution is -0.131. The highest BCUT2D eigenvalue weighted by Gasteiger charge is 2.03. The van der Waals surface area contributed by atoms with Crippen LogP contribution >= 0.6 is 0 Å². The molecule has 0 unspecified atom stereocenters. The number of carboxylic acid groups (broad SMARTS) is 1. The summed E-state index contributed by atoms with van der Waals surface area (Å²) in [6.45, 7) is 2.27. The van der Waals surface area contributed by atoms with Gasteiger partial charge in [-0.1, -0.05) is 6.07 Å². The third-order valence-electron chi connectivity index (χ3n) is 2.13. The van der Waals surface area contributed by atoms with Gasteiger partial charge in [0.2, 0.25) is 0 Å². The molecule has 0 aliphatic carbocycles. The van der Waals surface area contributed by atoms with Gasteiger partial charge < -0.3 is 15.1 Å². The molecule has 4 nitrogen and oxygen atoms in total. The number of aliphatic carboxylic acids is 1. The van der Waals surface area contributed by atoms with E-state index in [0.717, 1.165) is 11.3 Å². The number of likely N-dealkylation sites (N-methyl/N-ethyl adjacent to an activating group) is 1. The van der Waals surface area contributed by atoms with Crippen molar-refractivity contribution in [1.29, 1.82) is 0 Å². The van der Waals surface area contributed by atoms with Gasteiger partial charge >= 0.3 is 5.97 Å². The molecule has 0 aliphatic heterocycles. The van der Waals surface area contributed by atoms with Crippen molar-refractivity contribution in [3.8, 4) is 5.75 Å². The molecule has 1 aromatic carbocycles. The van der Waals surface area contributed by atoms with Crippen LogP contribution in [0.15, 0.2) is 35.9 Å². The molecule has 0 aliphatic rings. The van der Waals surface area contributed by atoms with E-state index in [-0.39, 0.29) is 5.75 Å². The van der Waals surface area contributed by atoms with Crippen molar-refractivity contribution in [2.75, 3.05) is 18.5 Å². The van der Waals surface area contributed by atoms with Gasteiger partial charge in [0.05, 0.1) is 0 Å². The van der Waals surface area contributed by atoms with E-state index in [4.69, 9.17) is 5.11 Å². The topological polar surface area (TPSA) is 60.8 Å². The number of carbonyl (C=O) groups is 1. The van der Waals surface area contributed by atoms with Gasteiger partial charge in [0.15, 0.2) is 0 Å². The van der Waals surface area contributed by atoms with Gasteiger partial charge in [0, 0.05) is 31.4 Å². The first-order valence-electron chi connectivity index (χ1n) is 4.89. The number of anilines is 1. The Morgan fingerprint density at radius 2 is 2.19 bits per heavy atom. The molecule has 0 atom stereocenters. The number of benzene rings is 1. The van der Waals surface area contributed by atoms with E-state index < -0.39 is 5.97 Å². The van der Waals surface area contributed by atoms with E-state index >= 15 is 0 Å². The lowest BCUT2D eigenvalue weighted by atomic mass is 10.2. The van der Waals surface area contributed by atoms with Crippen LogP contribution in [0.4, 0.5) is 5.69 Å². The van der Waals surface area contributed by atoms with Crippen LogP contribution in [0.25, 0.3) is 0 Å². The number of phenols is 1. The molecule has 0 spiro atoms. The molecule has 0 amide bonds. The molecule has 1 aromatic rings. The molecule has 0 fully saturated rings. The minimum absolute atomic E-state index is 0.198. The quantitative estimate of drug-likeness (QED) is 0.762. The average Bonchev–Trinajstić information content (AvgIpc) is 2.16. The van der Waals surface area contributed by atoms with Crippen molar-refractivity contribution in [1.82, 2.24) is 0 Å². The fourth-order valence-electron chi connectivity index (χ4n) is 1.45. The van der Waals surface area contributed by atoms with Crippen molar-refractivity contribution >= 4 is 11.7 Å². The molecule has 4 heteroatoms. The van der Waals surface area contributed by atoms with Gasteiger partial charge in [-0.3, -0.25) is 0 Å². The van der Waals surface area contributed by atoms with Crippen LogP contribution in [-0.4, -0.2) is 29.8 Å². The Labute approximate surface area is 94.4 Å². The maximum atomic E-state index is 10.4. The molecule has 2 N–H and O–H groups in total. The summed E-state index contributed by atoms with van der Waals surface area (Å²) >= 11 is 0. The predicted molar refractivity (Wildman–Crippen MR) is 62.8 cm³/mol. The monoisotopic (exact) mass is 221 g/mol. The van der Waals surface area contributed by atoms with Crippen molar-refractivity contribution in [2.24, 2.45) is 0 Å². The molecule has 0 saturated carbocycles.